The van der Waals surface area contributed by atoms with Gasteiger partial charge < -0.3 is 25.3 Å². The van der Waals surface area contributed by atoms with Crippen molar-refractivity contribution in [1.82, 2.24) is 10.2 Å². The molecular weight excluding hydrogens is 407 g/mol. The van der Waals surface area contributed by atoms with E-state index in [0.717, 1.165) is 4.88 Å². The van der Waals surface area contributed by atoms with Crippen molar-refractivity contribution in [3.8, 4) is 0 Å². The van der Waals surface area contributed by atoms with Gasteiger partial charge in [0.05, 0.1) is 23.6 Å². The molecule has 1 aromatic carbocycles. The lowest BCUT2D eigenvalue weighted by molar-refractivity contribution is 0.102. The van der Waals surface area contributed by atoms with Crippen molar-refractivity contribution < 1.29 is 18.4 Å². The summed E-state index contributed by atoms with van der Waals surface area (Å²) in [5.41, 5.74) is 0.627. The Labute approximate surface area is 177 Å². The van der Waals surface area contributed by atoms with Crippen LogP contribution in [0.15, 0.2) is 52.5 Å². The second-order valence-electron chi connectivity index (χ2n) is 6.87. The number of carbonyl (C=O) groups is 2. The number of benzene rings is 1. The third-order valence-corrected chi connectivity index (χ3v) is 5.50. The monoisotopic (exact) mass is 430 g/mol. The zero-order chi connectivity index (χ0) is 21.7. The van der Waals surface area contributed by atoms with Crippen LogP contribution in [-0.4, -0.2) is 37.5 Å². The first-order chi connectivity index (χ1) is 14.3. The first-order valence-corrected chi connectivity index (χ1v) is 10.1. The maximum Gasteiger partial charge on any atom is 0.319 e. The minimum absolute atomic E-state index is 0.0387. The molecule has 0 aliphatic rings. The van der Waals surface area contributed by atoms with Crippen LogP contribution >= 0.6 is 11.3 Å². The Hall–Kier alpha value is -3.17. The predicted octanol–water partition coefficient (Wildman–Crippen LogP) is 4.47. The van der Waals surface area contributed by atoms with E-state index >= 15 is 0 Å². The number of urea groups is 1. The molecule has 3 N–H and O–H groups in total. The maximum absolute atomic E-state index is 14.1. The molecule has 2 heterocycles. The number of thiophene rings is 1. The van der Waals surface area contributed by atoms with Gasteiger partial charge in [-0.2, -0.15) is 0 Å². The minimum atomic E-state index is -0.610. The second-order valence-corrected chi connectivity index (χ2v) is 7.85. The first-order valence-electron chi connectivity index (χ1n) is 9.25. The first kappa shape index (κ1) is 21.5. The number of hydrogen-bond donors (Lipinski definition) is 3. The molecule has 2 aromatic heterocycles. The number of likely N-dealkylation sites (N-methyl/N-ethyl adjacent to an activating group) is 1. The molecule has 0 fully saturated rings. The number of nitrogens with zero attached hydrogens (tertiary/aromatic N) is 1. The lowest BCUT2D eigenvalue weighted by Crippen LogP contribution is -2.36. The van der Waals surface area contributed by atoms with Crippen molar-refractivity contribution in [2.75, 3.05) is 31.3 Å². The molecule has 0 aliphatic heterocycles. The van der Waals surface area contributed by atoms with Gasteiger partial charge in [-0.05, 0) is 56.7 Å². The summed E-state index contributed by atoms with van der Waals surface area (Å²) in [5, 5.41) is 9.99. The SMILES string of the molecule is Cc1occc1C(=O)Nc1cc(NC(=O)NCC(c2cccs2)N(C)C)ccc1F. The van der Waals surface area contributed by atoms with Gasteiger partial charge in [0.15, 0.2) is 0 Å². The zero-order valence-corrected chi connectivity index (χ0v) is 17.7. The highest BCUT2D eigenvalue weighted by molar-refractivity contribution is 7.10. The molecule has 158 valence electrons. The summed E-state index contributed by atoms with van der Waals surface area (Å²) in [6.45, 7) is 2.05. The lowest BCUT2D eigenvalue weighted by Gasteiger charge is -2.23. The number of furan rings is 1. The Morgan fingerprint density at radius 3 is 2.63 bits per heavy atom. The number of carbonyl (C=O) groups excluding carboxylic acids is 2. The summed E-state index contributed by atoms with van der Waals surface area (Å²) in [6.07, 6.45) is 1.39. The van der Waals surface area contributed by atoms with Crippen molar-refractivity contribution >= 4 is 34.6 Å². The summed E-state index contributed by atoms with van der Waals surface area (Å²) in [6, 6.07) is 9.09. The molecule has 7 nitrogen and oxygen atoms in total. The van der Waals surface area contributed by atoms with Gasteiger partial charge in [-0.25, -0.2) is 9.18 Å². The third kappa shape index (κ3) is 5.25. The number of rotatable bonds is 7. The number of hydrogen-bond acceptors (Lipinski definition) is 5. The van der Waals surface area contributed by atoms with Crippen LogP contribution < -0.4 is 16.0 Å². The van der Waals surface area contributed by atoms with E-state index in [2.05, 4.69) is 16.0 Å². The Morgan fingerprint density at radius 1 is 1.20 bits per heavy atom. The van der Waals surface area contributed by atoms with Gasteiger partial charge in [-0.15, -0.1) is 11.3 Å². The van der Waals surface area contributed by atoms with E-state index in [1.54, 1.807) is 18.3 Å². The molecule has 9 heteroatoms. The maximum atomic E-state index is 14.1. The second kappa shape index (κ2) is 9.55. The minimum Gasteiger partial charge on any atom is -0.469 e. The van der Waals surface area contributed by atoms with Crippen LogP contribution in [0.4, 0.5) is 20.6 Å². The number of aryl methyl sites for hydroxylation is 1. The highest BCUT2D eigenvalue weighted by atomic mass is 32.1. The molecule has 0 saturated heterocycles. The molecule has 0 spiro atoms. The molecule has 3 aromatic rings. The quantitative estimate of drug-likeness (QED) is 0.516. The topological polar surface area (TPSA) is 86.6 Å². The molecule has 3 rings (SSSR count). The summed E-state index contributed by atoms with van der Waals surface area (Å²) >= 11 is 1.62. The molecule has 30 heavy (non-hydrogen) atoms. The van der Waals surface area contributed by atoms with Crippen molar-refractivity contribution in [1.29, 1.82) is 0 Å². The fourth-order valence-electron chi connectivity index (χ4n) is 2.89. The van der Waals surface area contributed by atoms with E-state index in [-0.39, 0.29) is 11.7 Å². The van der Waals surface area contributed by atoms with Crippen LogP contribution in [0.5, 0.6) is 0 Å². The summed E-state index contributed by atoms with van der Waals surface area (Å²) in [4.78, 5) is 27.8. The molecule has 0 saturated carbocycles. The zero-order valence-electron chi connectivity index (χ0n) is 16.9. The van der Waals surface area contributed by atoms with E-state index in [4.69, 9.17) is 4.42 Å². The molecule has 0 bridgehead atoms. The van der Waals surface area contributed by atoms with E-state index < -0.39 is 17.8 Å². The lowest BCUT2D eigenvalue weighted by atomic mass is 10.2. The van der Waals surface area contributed by atoms with Gasteiger partial charge in [-0.3, -0.25) is 4.79 Å². The highest BCUT2D eigenvalue weighted by Crippen LogP contribution is 2.23. The van der Waals surface area contributed by atoms with Crippen LogP contribution in [0.2, 0.25) is 0 Å². The van der Waals surface area contributed by atoms with Gasteiger partial charge in [0.2, 0.25) is 0 Å². The average Bonchev–Trinajstić information content (AvgIpc) is 3.36. The molecular formula is C21H23FN4O3S. The Balaban J connectivity index is 1.62. The smallest absolute Gasteiger partial charge is 0.319 e. The van der Waals surface area contributed by atoms with Gasteiger partial charge in [-0.1, -0.05) is 6.07 Å². The van der Waals surface area contributed by atoms with Gasteiger partial charge in [0, 0.05) is 17.1 Å². The van der Waals surface area contributed by atoms with Crippen molar-refractivity contribution in [2.24, 2.45) is 0 Å². The van der Waals surface area contributed by atoms with Crippen LogP contribution in [0, 0.1) is 12.7 Å². The molecule has 0 radical (unpaired) electrons. The van der Waals surface area contributed by atoms with Crippen LogP contribution in [-0.2, 0) is 0 Å². The van der Waals surface area contributed by atoms with Crippen molar-refractivity contribution in [2.45, 2.75) is 13.0 Å². The van der Waals surface area contributed by atoms with E-state index in [1.807, 2.05) is 36.5 Å². The third-order valence-electron chi connectivity index (χ3n) is 4.53. The van der Waals surface area contributed by atoms with E-state index in [1.165, 1.54) is 30.5 Å². The Kier molecular flexibility index (Phi) is 6.86. The molecule has 1 atom stereocenters. The van der Waals surface area contributed by atoms with Gasteiger partial charge in [0.1, 0.15) is 11.6 Å². The van der Waals surface area contributed by atoms with E-state index in [9.17, 15) is 14.0 Å². The Bertz CT molecular complexity index is 1020. The van der Waals surface area contributed by atoms with Crippen molar-refractivity contribution in [3.63, 3.8) is 0 Å². The molecule has 3 amide bonds. The largest absolute Gasteiger partial charge is 0.469 e. The van der Waals surface area contributed by atoms with E-state index in [0.29, 0.717) is 23.6 Å². The number of nitrogens with one attached hydrogen (secondary N) is 3. The molecule has 1 unspecified atom stereocenters. The number of amides is 3. The normalized spacial score (nSPS) is 11.9. The van der Waals surface area contributed by atoms with Gasteiger partial charge >= 0.3 is 6.03 Å². The van der Waals surface area contributed by atoms with Crippen LogP contribution in [0.25, 0.3) is 0 Å². The summed E-state index contributed by atoms with van der Waals surface area (Å²) < 4.78 is 19.2. The average molecular weight is 431 g/mol. The van der Waals surface area contributed by atoms with Crippen molar-refractivity contribution in [3.05, 3.63) is 70.1 Å². The highest BCUT2D eigenvalue weighted by Gasteiger charge is 2.17. The number of anilines is 2. The predicted molar refractivity (Wildman–Crippen MR) is 116 cm³/mol. The summed E-state index contributed by atoms with van der Waals surface area (Å²) in [7, 11) is 3.89. The van der Waals surface area contributed by atoms with Crippen LogP contribution in [0.1, 0.15) is 27.0 Å². The van der Waals surface area contributed by atoms with Crippen LogP contribution in [0.3, 0.4) is 0 Å². The fourth-order valence-corrected chi connectivity index (χ4v) is 3.81. The van der Waals surface area contributed by atoms with Gasteiger partial charge in [0.25, 0.3) is 5.91 Å². The standard InChI is InChI=1S/C21H23FN4O3S/c1-13-15(8-9-29-13)20(27)25-17-11-14(6-7-16(17)22)24-21(28)23-12-18(26(2)3)19-5-4-10-30-19/h4-11,18H,12H2,1-3H3,(H,25,27)(H2,23,24,28). The Morgan fingerprint density at radius 2 is 2.00 bits per heavy atom. The summed E-state index contributed by atoms with van der Waals surface area (Å²) in [5.74, 6) is -0.671. The fraction of sp³-hybridized carbons (Fsp3) is 0.238. The number of halogens is 1. The molecule has 0 aliphatic carbocycles.